The molecule has 0 N–H and O–H groups in total. The molecule has 0 radical (unpaired) electrons. The molecular weight excluding hydrogens is 779 g/mol. The molecule has 0 aliphatic heterocycles. The van der Waals surface area contributed by atoms with Crippen molar-refractivity contribution in [1.29, 1.82) is 0 Å². The van der Waals surface area contributed by atoms with E-state index in [1.54, 1.807) is 0 Å². The monoisotopic (exact) mass is 815 g/mol. The molecule has 0 unspecified atom stereocenters. The molecule has 298 valence electrons. The van der Waals surface area contributed by atoms with Gasteiger partial charge in [-0.1, -0.05) is 140 Å². The van der Waals surface area contributed by atoms with Crippen molar-refractivity contribution in [3.8, 4) is 44.8 Å². The average molecular weight is 816 g/mol. The lowest BCUT2D eigenvalue weighted by Crippen LogP contribution is -2.09. The van der Waals surface area contributed by atoms with Crippen LogP contribution in [0.1, 0.15) is 0 Å². The van der Waals surface area contributed by atoms with Gasteiger partial charge >= 0.3 is 0 Å². The number of aromatic nitrogens is 4. The first-order valence-electron chi connectivity index (χ1n) is 21.7. The molecule has 0 fully saturated rings. The molecule has 0 aliphatic carbocycles. The fourth-order valence-electron chi connectivity index (χ4n) is 9.71. The Labute approximate surface area is 369 Å². The maximum atomic E-state index is 5.09. The third-order valence-corrected chi connectivity index (χ3v) is 12.8. The Morgan fingerprint density at radius 1 is 0.375 bits per heavy atom. The van der Waals surface area contributed by atoms with Crippen LogP contribution in [0.4, 0.5) is 17.1 Å². The van der Waals surface area contributed by atoms with Crippen LogP contribution < -0.4 is 4.90 Å². The fourth-order valence-corrected chi connectivity index (χ4v) is 9.71. The minimum Gasteiger partial charge on any atom is -0.311 e. The number of benzene rings is 8. The van der Waals surface area contributed by atoms with Crippen LogP contribution in [-0.2, 0) is 0 Å². The van der Waals surface area contributed by atoms with Gasteiger partial charge in [0.05, 0.1) is 39.0 Å². The lowest BCUT2D eigenvalue weighted by molar-refractivity contribution is 1.28. The highest BCUT2D eigenvalue weighted by atomic mass is 15.1. The molecule has 0 spiro atoms. The van der Waals surface area contributed by atoms with E-state index in [0.29, 0.717) is 0 Å². The van der Waals surface area contributed by atoms with Crippen molar-refractivity contribution in [3.05, 3.63) is 225 Å². The first kappa shape index (κ1) is 36.0. The van der Waals surface area contributed by atoms with E-state index in [0.717, 1.165) is 72.7 Å². The Bertz CT molecular complexity index is 3870. The van der Waals surface area contributed by atoms with Gasteiger partial charge in [0, 0.05) is 73.1 Å². The zero-order valence-corrected chi connectivity index (χ0v) is 34.6. The van der Waals surface area contributed by atoms with Crippen LogP contribution >= 0.6 is 0 Å². The summed E-state index contributed by atoms with van der Waals surface area (Å²) in [6.45, 7) is 0. The van der Waals surface area contributed by atoms with Gasteiger partial charge in [0.1, 0.15) is 0 Å². The molecular formula is C59H37N5. The summed E-state index contributed by atoms with van der Waals surface area (Å²) in [7, 11) is 0. The Morgan fingerprint density at radius 3 is 1.73 bits per heavy atom. The average Bonchev–Trinajstić information content (AvgIpc) is 3.89. The molecule has 64 heavy (non-hydrogen) atoms. The van der Waals surface area contributed by atoms with Crippen molar-refractivity contribution in [2.75, 3.05) is 4.90 Å². The predicted octanol–water partition coefficient (Wildman–Crippen LogP) is 15.5. The topological polar surface area (TPSA) is 46.3 Å². The summed E-state index contributed by atoms with van der Waals surface area (Å²) >= 11 is 0. The second kappa shape index (κ2) is 14.5. The Kier molecular flexibility index (Phi) is 8.15. The molecule has 5 aromatic heterocycles. The minimum absolute atomic E-state index is 0.869. The fraction of sp³-hybridized carbons (Fsp3) is 0. The van der Waals surface area contributed by atoms with E-state index in [9.17, 15) is 0 Å². The molecule has 5 heterocycles. The molecule has 0 aliphatic rings. The van der Waals surface area contributed by atoms with Crippen LogP contribution in [0.3, 0.4) is 0 Å². The van der Waals surface area contributed by atoms with Crippen LogP contribution in [0.2, 0.25) is 0 Å². The van der Waals surface area contributed by atoms with Crippen molar-refractivity contribution in [3.63, 3.8) is 0 Å². The highest BCUT2D eigenvalue weighted by Gasteiger charge is 2.19. The van der Waals surface area contributed by atoms with Gasteiger partial charge in [0.15, 0.2) is 0 Å². The van der Waals surface area contributed by atoms with Crippen LogP contribution in [0.5, 0.6) is 0 Å². The van der Waals surface area contributed by atoms with Crippen LogP contribution in [0.15, 0.2) is 225 Å². The van der Waals surface area contributed by atoms with Crippen molar-refractivity contribution in [2.24, 2.45) is 0 Å². The number of hydrogen-bond acceptors (Lipinski definition) is 4. The van der Waals surface area contributed by atoms with Gasteiger partial charge < -0.3 is 9.30 Å². The van der Waals surface area contributed by atoms with Gasteiger partial charge in [0.2, 0.25) is 0 Å². The van der Waals surface area contributed by atoms with Crippen molar-refractivity contribution < 1.29 is 0 Å². The van der Waals surface area contributed by atoms with E-state index < -0.39 is 0 Å². The van der Waals surface area contributed by atoms with Gasteiger partial charge in [-0.05, 0) is 94.9 Å². The minimum atomic E-state index is 0.869. The van der Waals surface area contributed by atoms with Crippen molar-refractivity contribution in [1.82, 2.24) is 19.4 Å². The van der Waals surface area contributed by atoms with Crippen molar-refractivity contribution >= 4 is 77.0 Å². The molecule has 8 aromatic carbocycles. The Balaban J connectivity index is 0.899. The van der Waals surface area contributed by atoms with Gasteiger partial charge in [-0.2, -0.15) is 0 Å². The van der Waals surface area contributed by atoms with Crippen LogP contribution in [-0.4, -0.2) is 19.4 Å². The second-order valence-electron chi connectivity index (χ2n) is 16.5. The molecule has 0 atom stereocenters. The second-order valence-corrected chi connectivity index (χ2v) is 16.5. The number of para-hydroxylation sites is 2. The van der Waals surface area contributed by atoms with E-state index in [4.69, 9.17) is 15.0 Å². The van der Waals surface area contributed by atoms with Crippen LogP contribution in [0.25, 0.3) is 105 Å². The zero-order chi connectivity index (χ0) is 42.1. The third-order valence-electron chi connectivity index (χ3n) is 12.8. The maximum absolute atomic E-state index is 5.09. The summed E-state index contributed by atoms with van der Waals surface area (Å²) in [4.78, 5) is 17.0. The summed E-state index contributed by atoms with van der Waals surface area (Å²) in [6.07, 6.45) is 3.79. The first-order chi connectivity index (χ1) is 31.7. The number of pyridine rings is 3. The van der Waals surface area contributed by atoms with E-state index in [1.807, 2.05) is 30.6 Å². The lowest BCUT2D eigenvalue weighted by Gasteiger charge is -2.26. The lowest BCUT2D eigenvalue weighted by atomic mass is 10.0. The molecule has 5 nitrogen and oxygen atoms in total. The third kappa shape index (κ3) is 5.83. The number of nitrogens with zero attached hydrogens (tertiary/aromatic N) is 5. The summed E-state index contributed by atoms with van der Waals surface area (Å²) in [6, 6.07) is 75.9. The van der Waals surface area contributed by atoms with Gasteiger partial charge in [-0.15, -0.1) is 0 Å². The highest BCUT2D eigenvalue weighted by molar-refractivity contribution is 6.23. The highest BCUT2D eigenvalue weighted by Crippen LogP contribution is 2.42. The smallest absolute Gasteiger partial charge is 0.0965 e. The molecule has 0 saturated heterocycles. The van der Waals surface area contributed by atoms with E-state index >= 15 is 0 Å². The van der Waals surface area contributed by atoms with E-state index in [1.165, 1.54) is 49.0 Å². The number of rotatable bonds is 7. The molecule has 13 aromatic rings. The number of hydrogen-bond donors (Lipinski definition) is 0. The first-order valence-corrected chi connectivity index (χ1v) is 21.7. The summed E-state index contributed by atoms with van der Waals surface area (Å²) in [5.41, 5.74) is 17.1. The Morgan fingerprint density at radius 2 is 0.984 bits per heavy atom. The number of anilines is 3. The normalized spacial score (nSPS) is 11.8. The summed E-state index contributed by atoms with van der Waals surface area (Å²) < 4.78 is 2.45. The van der Waals surface area contributed by atoms with Crippen molar-refractivity contribution in [2.45, 2.75) is 0 Å². The largest absolute Gasteiger partial charge is 0.311 e. The maximum Gasteiger partial charge on any atom is 0.0965 e. The molecule has 13 rings (SSSR count). The standard InChI is InChI=1S/C59H37N5/c1-2-10-39(11-3-1)52-36-55(62-53-17-9-33-60-58(52)53)41-23-30-47(31-24-41)63(46-28-21-40(22-29-46)54-34-42-12-4-5-13-44(42)37-61-54)45-26-19-38(20-27-45)43-25-32-49-51-16-8-15-50-48-14-6-7-18-56(48)64(59(50)51)57(49)35-43/h1-37H. The van der Waals surface area contributed by atoms with Gasteiger partial charge in [-0.3, -0.25) is 9.97 Å². The van der Waals surface area contributed by atoms with Crippen LogP contribution in [0, 0.1) is 0 Å². The SMILES string of the molecule is c1ccc(-c2cc(-c3ccc(N(c4ccc(-c5ccc6c7cccc8c9ccccc9n(c6c5)c87)cc4)c4ccc(-c5cc6ccccc6cn5)cc4)cc3)nc3cccnc23)cc1. The molecule has 0 bridgehead atoms. The quantitative estimate of drug-likeness (QED) is 0.161. The molecule has 0 amide bonds. The van der Waals surface area contributed by atoms with E-state index in [-0.39, 0.29) is 0 Å². The molecule has 5 heteroatoms. The van der Waals surface area contributed by atoms with E-state index in [2.05, 4.69) is 203 Å². The summed E-state index contributed by atoms with van der Waals surface area (Å²) in [5, 5.41) is 7.46. The predicted molar refractivity (Wildman–Crippen MR) is 266 cm³/mol. The van der Waals surface area contributed by atoms with Gasteiger partial charge in [-0.25, -0.2) is 4.98 Å². The van der Waals surface area contributed by atoms with Gasteiger partial charge in [0.25, 0.3) is 0 Å². The number of fused-ring (bicyclic) bond motifs is 8. The zero-order valence-electron chi connectivity index (χ0n) is 34.6. The Hall–Kier alpha value is -8.67. The molecule has 0 saturated carbocycles. The summed E-state index contributed by atoms with van der Waals surface area (Å²) in [5.74, 6) is 0.